The van der Waals surface area contributed by atoms with Gasteiger partial charge in [-0.1, -0.05) is 41.9 Å². The molecule has 1 aromatic heterocycles. The maximum Gasteiger partial charge on any atom is 0.323 e. The fourth-order valence-corrected chi connectivity index (χ4v) is 3.59. The molecule has 8 heteroatoms. The summed E-state index contributed by atoms with van der Waals surface area (Å²) in [6, 6.07) is 12.4. The molecule has 0 spiro atoms. The Labute approximate surface area is 181 Å². The molecule has 3 atom stereocenters. The standard InChI is InChI=1S/C22H27ClN2O5/c1-22(2,3)30-21(27)25-13-16(11-18(25)20(26)28-4)29-15-10-17(24-19(23)12-15)14-8-6-5-7-9-14/h5-10,12,16,18,21,27H,11,13H2,1-4H3/t16-,18+,21?/m1/s1. The number of rotatable bonds is 6. The van der Waals surface area contributed by atoms with E-state index in [1.807, 2.05) is 51.1 Å². The molecule has 1 aromatic carbocycles. The van der Waals surface area contributed by atoms with Crippen molar-refractivity contribution >= 4 is 17.6 Å². The average molecular weight is 435 g/mol. The highest BCUT2D eigenvalue weighted by molar-refractivity contribution is 6.29. The number of carbonyl (C=O) groups is 1. The Bertz CT molecular complexity index is 872. The summed E-state index contributed by atoms with van der Waals surface area (Å²) in [7, 11) is 1.32. The van der Waals surface area contributed by atoms with Crippen molar-refractivity contribution < 1.29 is 24.1 Å². The molecule has 0 bridgehead atoms. The van der Waals surface area contributed by atoms with Crippen LogP contribution in [0.1, 0.15) is 27.2 Å². The molecule has 30 heavy (non-hydrogen) atoms. The summed E-state index contributed by atoms with van der Waals surface area (Å²) >= 11 is 6.20. The van der Waals surface area contributed by atoms with Crippen molar-refractivity contribution in [2.45, 2.75) is 51.4 Å². The molecule has 7 nitrogen and oxygen atoms in total. The number of methoxy groups -OCH3 is 1. The van der Waals surface area contributed by atoms with Gasteiger partial charge in [-0.2, -0.15) is 0 Å². The van der Waals surface area contributed by atoms with E-state index in [1.165, 1.54) is 7.11 Å². The van der Waals surface area contributed by atoms with E-state index >= 15 is 0 Å². The second-order valence-corrected chi connectivity index (χ2v) is 8.53. The number of esters is 1. The zero-order valence-corrected chi connectivity index (χ0v) is 18.3. The van der Waals surface area contributed by atoms with Gasteiger partial charge >= 0.3 is 5.97 Å². The SMILES string of the molecule is COC(=O)[C@@H]1C[C@@H](Oc2cc(Cl)nc(-c3ccccc3)c2)CN1C(O)OC(C)(C)C. The van der Waals surface area contributed by atoms with E-state index in [0.29, 0.717) is 23.0 Å². The number of nitrogens with zero attached hydrogens (tertiary/aromatic N) is 2. The van der Waals surface area contributed by atoms with E-state index < -0.39 is 24.0 Å². The number of hydrogen-bond donors (Lipinski definition) is 1. The predicted octanol–water partition coefficient (Wildman–Crippen LogP) is 3.49. The summed E-state index contributed by atoms with van der Waals surface area (Å²) in [5.41, 5.74) is 1.02. The molecule has 3 rings (SSSR count). The minimum atomic E-state index is -1.26. The molecule has 1 fully saturated rings. The summed E-state index contributed by atoms with van der Waals surface area (Å²) in [6.45, 7) is 5.78. The van der Waals surface area contributed by atoms with Crippen LogP contribution in [-0.2, 0) is 14.3 Å². The van der Waals surface area contributed by atoms with Crippen molar-refractivity contribution in [2.24, 2.45) is 0 Å². The number of likely N-dealkylation sites (tertiary alicyclic amines) is 1. The minimum absolute atomic E-state index is 0.289. The second-order valence-electron chi connectivity index (χ2n) is 8.14. The number of ether oxygens (including phenoxy) is 3. The largest absolute Gasteiger partial charge is 0.489 e. The maximum atomic E-state index is 12.3. The normalized spacial score (nSPS) is 20.7. The first kappa shape index (κ1) is 22.5. The van der Waals surface area contributed by atoms with Gasteiger partial charge in [0.1, 0.15) is 23.0 Å². The van der Waals surface area contributed by atoms with Crippen LogP contribution >= 0.6 is 11.6 Å². The number of aliphatic hydroxyl groups excluding tert-OH is 1. The van der Waals surface area contributed by atoms with Crippen LogP contribution in [0.2, 0.25) is 5.15 Å². The van der Waals surface area contributed by atoms with Crippen molar-refractivity contribution in [3.63, 3.8) is 0 Å². The maximum absolute atomic E-state index is 12.3. The highest BCUT2D eigenvalue weighted by Crippen LogP contribution is 2.30. The van der Waals surface area contributed by atoms with Gasteiger partial charge in [-0.15, -0.1) is 0 Å². The Balaban J connectivity index is 1.78. The Morgan fingerprint density at radius 1 is 1.27 bits per heavy atom. The fraction of sp³-hybridized carbons (Fsp3) is 0.455. The topological polar surface area (TPSA) is 81.1 Å². The monoisotopic (exact) mass is 434 g/mol. The molecule has 1 aliphatic rings. The number of aromatic nitrogens is 1. The molecule has 0 aliphatic carbocycles. The molecule has 1 N–H and O–H groups in total. The van der Waals surface area contributed by atoms with E-state index in [4.69, 9.17) is 25.8 Å². The van der Waals surface area contributed by atoms with Crippen molar-refractivity contribution in [2.75, 3.05) is 13.7 Å². The van der Waals surface area contributed by atoms with Gasteiger partial charge in [-0.25, -0.2) is 9.88 Å². The van der Waals surface area contributed by atoms with Gasteiger partial charge in [0, 0.05) is 30.7 Å². The summed E-state index contributed by atoms with van der Waals surface area (Å²) in [5, 5.41) is 10.8. The van der Waals surface area contributed by atoms with Crippen LogP contribution in [-0.4, -0.2) is 58.8 Å². The summed E-state index contributed by atoms with van der Waals surface area (Å²) < 4.78 is 16.6. The van der Waals surface area contributed by atoms with E-state index in [1.54, 1.807) is 17.0 Å². The zero-order valence-electron chi connectivity index (χ0n) is 17.5. The third-order valence-electron chi connectivity index (χ3n) is 4.66. The second kappa shape index (κ2) is 9.31. The zero-order chi connectivity index (χ0) is 21.9. The van der Waals surface area contributed by atoms with E-state index in [-0.39, 0.29) is 12.6 Å². The lowest BCUT2D eigenvalue weighted by molar-refractivity contribution is -0.244. The van der Waals surface area contributed by atoms with Crippen LogP contribution in [0.3, 0.4) is 0 Å². The first-order valence-electron chi connectivity index (χ1n) is 9.75. The molecule has 0 radical (unpaired) electrons. The Hall–Kier alpha value is -2.19. The fourth-order valence-electron chi connectivity index (χ4n) is 3.39. The highest BCUT2D eigenvalue weighted by Gasteiger charge is 2.43. The van der Waals surface area contributed by atoms with Crippen LogP contribution < -0.4 is 4.74 Å². The number of pyridine rings is 1. The Kier molecular flexibility index (Phi) is 6.98. The molecule has 1 saturated heterocycles. The lowest BCUT2D eigenvalue weighted by Crippen LogP contribution is -2.47. The predicted molar refractivity (Wildman–Crippen MR) is 113 cm³/mol. The van der Waals surface area contributed by atoms with Crippen molar-refractivity contribution in [3.8, 4) is 17.0 Å². The molecule has 162 valence electrons. The van der Waals surface area contributed by atoms with Crippen LogP contribution in [0, 0.1) is 0 Å². The van der Waals surface area contributed by atoms with Crippen molar-refractivity contribution in [3.05, 3.63) is 47.6 Å². The lowest BCUT2D eigenvalue weighted by atomic mass is 10.1. The molecule has 2 aromatic rings. The van der Waals surface area contributed by atoms with E-state index in [9.17, 15) is 9.90 Å². The summed E-state index contributed by atoms with van der Waals surface area (Å²) in [4.78, 5) is 18.2. The van der Waals surface area contributed by atoms with Crippen molar-refractivity contribution in [1.82, 2.24) is 9.88 Å². The van der Waals surface area contributed by atoms with Gasteiger partial charge in [-0.3, -0.25) is 4.79 Å². The van der Waals surface area contributed by atoms with Gasteiger partial charge < -0.3 is 19.3 Å². The van der Waals surface area contributed by atoms with Gasteiger partial charge in [-0.05, 0) is 20.8 Å². The van der Waals surface area contributed by atoms with Gasteiger partial charge in [0.05, 0.1) is 18.4 Å². The lowest BCUT2D eigenvalue weighted by Gasteiger charge is -2.32. The quantitative estimate of drug-likeness (QED) is 0.423. The van der Waals surface area contributed by atoms with Gasteiger partial charge in [0.2, 0.25) is 6.41 Å². The molecule has 0 amide bonds. The third-order valence-corrected chi connectivity index (χ3v) is 4.85. The Morgan fingerprint density at radius 3 is 2.60 bits per heavy atom. The summed E-state index contributed by atoms with van der Waals surface area (Å²) in [6.07, 6.45) is -1.28. The first-order chi connectivity index (χ1) is 14.2. The molecular weight excluding hydrogens is 408 g/mol. The number of benzene rings is 1. The average Bonchev–Trinajstić information content (AvgIpc) is 3.10. The number of halogens is 1. The number of hydrogen-bond acceptors (Lipinski definition) is 7. The highest BCUT2D eigenvalue weighted by atomic mass is 35.5. The number of carbonyl (C=O) groups excluding carboxylic acids is 1. The molecule has 1 unspecified atom stereocenters. The smallest absolute Gasteiger partial charge is 0.323 e. The molecular formula is C22H27ClN2O5. The summed E-state index contributed by atoms with van der Waals surface area (Å²) in [5.74, 6) is 0.0888. The molecule has 0 saturated carbocycles. The molecule has 2 heterocycles. The minimum Gasteiger partial charge on any atom is -0.489 e. The van der Waals surface area contributed by atoms with Crippen LogP contribution in [0.4, 0.5) is 0 Å². The number of aliphatic hydroxyl groups is 1. The van der Waals surface area contributed by atoms with E-state index in [0.717, 1.165) is 5.56 Å². The van der Waals surface area contributed by atoms with Crippen LogP contribution in [0.15, 0.2) is 42.5 Å². The van der Waals surface area contributed by atoms with Gasteiger partial charge in [0.15, 0.2) is 0 Å². The van der Waals surface area contributed by atoms with E-state index in [2.05, 4.69) is 4.98 Å². The van der Waals surface area contributed by atoms with Crippen LogP contribution in [0.5, 0.6) is 5.75 Å². The van der Waals surface area contributed by atoms with Crippen molar-refractivity contribution in [1.29, 1.82) is 0 Å². The third kappa shape index (κ3) is 5.70. The molecule has 1 aliphatic heterocycles. The van der Waals surface area contributed by atoms with Crippen LogP contribution in [0.25, 0.3) is 11.3 Å². The Morgan fingerprint density at radius 2 is 1.97 bits per heavy atom. The van der Waals surface area contributed by atoms with Gasteiger partial charge in [0.25, 0.3) is 0 Å². The first-order valence-corrected chi connectivity index (χ1v) is 10.1.